The summed E-state index contributed by atoms with van der Waals surface area (Å²) < 4.78 is 0. The Balaban J connectivity index is 1.68. The molecular weight excluding hydrogens is 310 g/mol. The fourth-order valence-corrected chi connectivity index (χ4v) is 3.74. The number of carbonyl (C=O) groups excluding carboxylic acids is 1. The van der Waals surface area contributed by atoms with E-state index in [1.165, 1.54) is 11.1 Å². The zero-order valence-electron chi connectivity index (χ0n) is 14.6. The van der Waals surface area contributed by atoms with Crippen LogP contribution in [0.4, 0.5) is 0 Å². The van der Waals surface area contributed by atoms with Crippen LogP contribution in [0.2, 0.25) is 0 Å². The summed E-state index contributed by atoms with van der Waals surface area (Å²) in [6.45, 7) is 5.84. The van der Waals surface area contributed by atoms with Crippen LogP contribution in [0.15, 0.2) is 48.5 Å². The first-order valence-corrected chi connectivity index (χ1v) is 8.77. The number of aryl methyl sites for hydroxylation is 2. The quantitative estimate of drug-likeness (QED) is 0.688. The molecule has 1 aromatic heterocycles. The molecule has 0 bridgehead atoms. The summed E-state index contributed by atoms with van der Waals surface area (Å²) in [6, 6.07) is 16.3. The molecule has 0 spiro atoms. The first-order valence-electron chi connectivity index (χ1n) is 8.77. The van der Waals surface area contributed by atoms with E-state index < -0.39 is 0 Å². The van der Waals surface area contributed by atoms with Crippen LogP contribution < -0.4 is 10.6 Å². The normalized spacial score (nSPS) is 20.1. The molecule has 0 saturated carbocycles. The molecule has 0 radical (unpaired) electrons. The predicted octanol–water partition coefficient (Wildman–Crippen LogP) is 3.40. The van der Waals surface area contributed by atoms with Gasteiger partial charge in [-0.25, -0.2) is 0 Å². The standard InChI is InChI=1S/C21H23N3O/c1-14-8-9-18-17(15(14)2)12-19(23-18)20(25)24-21(10-11-22-13-21)16-6-4-3-5-7-16/h3-9,12,22-23H,10-11,13H2,1-2H3,(H,24,25). The predicted molar refractivity (Wildman–Crippen MR) is 101 cm³/mol. The number of nitrogens with one attached hydrogen (secondary N) is 3. The maximum atomic E-state index is 13.0. The maximum absolute atomic E-state index is 13.0. The van der Waals surface area contributed by atoms with Gasteiger partial charge >= 0.3 is 0 Å². The van der Waals surface area contributed by atoms with Gasteiger partial charge in [-0.15, -0.1) is 0 Å². The van der Waals surface area contributed by atoms with E-state index in [1.807, 2.05) is 30.3 Å². The Morgan fingerprint density at radius 2 is 1.92 bits per heavy atom. The second-order valence-corrected chi connectivity index (χ2v) is 6.98. The topological polar surface area (TPSA) is 56.9 Å². The highest BCUT2D eigenvalue weighted by Crippen LogP contribution is 2.29. The molecule has 3 N–H and O–H groups in total. The number of H-pyrrole nitrogens is 1. The van der Waals surface area contributed by atoms with Crippen molar-refractivity contribution >= 4 is 16.8 Å². The fourth-order valence-electron chi connectivity index (χ4n) is 3.74. The van der Waals surface area contributed by atoms with Crippen molar-refractivity contribution in [2.45, 2.75) is 25.8 Å². The number of benzene rings is 2. The van der Waals surface area contributed by atoms with Gasteiger partial charge in [-0.2, -0.15) is 0 Å². The van der Waals surface area contributed by atoms with Gasteiger partial charge in [-0.1, -0.05) is 36.4 Å². The number of aromatic nitrogens is 1. The molecule has 4 heteroatoms. The summed E-state index contributed by atoms with van der Waals surface area (Å²) in [4.78, 5) is 16.2. The third-order valence-corrected chi connectivity index (χ3v) is 5.42. The van der Waals surface area contributed by atoms with E-state index in [-0.39, 0.29) is 11.4 Å². The molecule has 2 heterocycles. The zero-order valence-corrected chi connectivity index (χ0v) is 14.6. The minimum absolute atomic E-state index is 0.0548. The molecule has 1 saturated heterocycles. The number of amides is 1. The van der Waals surface area contributed by atoms with Gasteiger partial charge in [-0.3, -0.25) is 4.79 Å². The summed E-state index contributed by atoms with van der Waals surface area (Å²) in [6.07, 6.45) is 0.890. The number of carbonyl (C=O) groups is 1. The minimum Gasteiger partial charge on any atom is -0.351 e. The molecule has 25 heavy (non-hydrogen) atoms. The molecule has 1 atom stereocenters. The largest absolute Gasteiger partial charge is 0.351 e. The van der Waals surface area contributed by atoms with Crippen LogP contribution >= 0.6 is 0 Å². The van der Waals surface area contributed by atoms with Gasteiger partial charge in [0.1, 0.15) is 5.69 Å². The summed E-state index contributed by atoms with van der Waals surface area (Å²) >= 11 is 0. The highest BCUT2D eigenvalue weighted by atomic mass is 16.2. The third kappa shape index (κ3) is 2.72. The summed E-state index contributed by atoms with van der Waals surface area (Å²) in [5.41, 5.74) is 4.88. The molecule has 1 aliphatic rings. The van der Waals surface area contributed by atoms with E-state index in [2.05, 4.69) is 47.7 Å². The van der Waals surface area contributed by atoms with Crippen LogP contribution in [-0.4, -0.2) is 24.0 Å². The number of hydrogen-bond donors (Lipinski definition) is 3. The van der Waals surface area contributed by atoms with Crippen molar-refractivity contribution in [2.24, 2.45) is 0 Å². The lowest BCUT2D eigenvalue weighted by molar-refractivity contribution is 0.0900. The van der Waals surface area contributed by atoms with Crippen LogP contribution in [0.1, 0.15) is 33.6 Å². The van der Waals surface area contributed by atoms with E-state index in [4.69, 9.17) is 0 Å². The van der Waals surface area contributed by atoms with Gasteiger partial charge < -0.3 is 15.6 Å². The molecule has 0 aliphatic carbocycles. The highest BCUT2D eigenvalue weighted by molar-refractivity contribution is 5.99. The third-order valence-electron chi connectivity index (χ3n) is 5.42. The van der Waals surface area contributed by atoms with Crippen molar-refractivity contribution in [3.63, 3.8) is 0 Å². The van der Waals surface area contributed by atoms with Crippen LogP contribution in [0.5, 0.6) is 0 Å². The average molecular weight is 333 g/mol. The van der Waals surface area contributed by atoms with Gasteiger partial charge in [0, 0.05) is 17.4 Å². The van der Waals surface area contributed by atoms with Crippen molar-refractivity contribution in [2.75, 3.05) is 13.1 Å². The summed E-state index contributed by atoms with van der Waals surface area (Å²) in [7, 11) is 0. The minimum atomic E-state index is -0.347. The number of rotatable bonds is 3. The van der Waals surface area contributed by atoms with Crippen LogP contribution in [0.3, 0.4) is 0 Å². The summed E-state index contributed by atoms with van der Waals surface area (Å²) in [5, 5.41) is 7.79. The van der Waals surface area contributed by atoms with Gasteiger partial charge in [0.15, 0.2) is 0 Å². The molecule has 1 fully saturated rings. The first-order chi connectivity index (χ1) is 12.1. The van der Waals surface area contributed by atoms with Gasteiger partial charge in [-0.05, 0) is 55.6 Å². The fraction of sp³-hybridized carbons (Fsp3) is 0.286. The van der Waals surface area contributed by atoms with Crippen molar-refractivity contribution in [1.29, 1.82) is 0 Å². The van der Waals surface area contributed by atoms with Gasteiger partial charge in [0.25, 0.3) is 5.91 Å². The van der Waals surface area contributed by atoms with E-state index in [9.17, 15) is 4.79 Å². The molecule has 3 aromatic rings. The Labute approximate surface area is 147 Å². The number of fused-ring (bicyclic) bond motifs is 1. The Kier molecular flexibility index (Phi) is 3.85. The molecule has 2 aromatic carbocycles. The van der Waals surface area contributed by atoms with E-state index in [1.54, 1.807) is 0 Å². The number of hydrogen-bond acceptors (Lipinski definition) is 2. The van der Waals surface area contributed by atoms with Crippen molar-refractivity contribution in [3.8, 4) is 0 Å². The lowest BCUT2D eigenvalue weighted by atomic mass is 9.89. The lowest BCUT2D eigenvalue weighted by Crippen LogP contribution is -2.47. The van der Waals surface area contributed by atoms with Crippen molar-refractivity contribution in [1.82, 2.24) is 15.6 Å². The van der Waals surface area contributed by atoms with Crippen LogP contribution in [0.25, 0.3) is 10.9 Å². The zero-order chi connectivity index (χ0) is 17.4. The van der Waals surface area contributed by atoms with Crippen LogP contribution in [-0.2, 0) is 5.54 Å². The molecule has 1 aliphatic heterocycles. The maximum Gasteiger partial charge on any atom is 0.268 e. The first kappa shape index (κ1) is 15.9. The molecule has 4 nitrogen and oxygen atoms in total. The Hall–Kier alpha value is -2.59. The Morgan fingerprint density at radius 3 is 2.64 bits per heavy atom. The van der Waals surface area contributed by atoms with Crippen molar-refractivity contribution < 1.29 is 4.79 Å². The van der Waals surface area contributed by atoms with E-state index in [0.29, 0.717) is 5.69 Å². The second kappa shape index (κ2) is 6.05. The molecule has 1 amide bonds. The van der Waals surface area contributed by atoms with Crippen molar-refractivity contribution in [3.05, 3.63) is 70.9 Å². The summed E-state index contributed by atoms with van der Waals surface area (Å²) in [5.74, 6) is -0.0548. The Bertz CT molecular complexity index is 921. The smallest absolute Gasteiger partial charge is 0.268 e. The SMILES string of the molecule is Cc1ccc2[nH]c(C(=O)NC3(c4ccccc4)CCNC3)cc2c1C. The molecule has 128 valence electrons. The molecular formula is C21H23N3O. The van der Waals surface area contributed by atoms with Gasteiger partial charge in [0.2, 0.25) is 0 Å². The van der Waals surface area contributed by atoms with Crippen LogP contribution in [0, 0.1) is 13.8 Å². The molecule has 1 unspecified atom stereocenters. The second-order valence-electron chi connectivity index (χ2n) is 6.98. The lowest BCUT2D eigenvalue weighted by Gasteiger charge is -2.30. The van der Waals surface area contributed by atoms with Gasteiger partial charge in [0.05, 0.1) is 5.54 Å². The average Bonchev–Trinajstić information content (AvgIpc) is 3.27. The Morgan fingerprint density at radius 1 is 1.12 bits per heavy atom. The van der Waals surface area contributed by atoms with E-state index >= 15 is 0 Å². The number of aromatic amines is 1. The molecule has 4 rings (SSSR count). The highest BCUT2D eigenvalue weighted by Gasteiger charge is 2.37. The monoisotopic (exact) mass is 333 g/mol. The van der Waals surface area contributed by atoms with E-state index in [0.717, 1.165) is 36.0 Å².